The molecule has 0 atom stereocenters. The van der Waals surface area contributed by atoms with E-state index in [4.69, 9.17) is 29.9 Å². The van der Waals surface area contributed by atoms with E-state index in [9.17, 15) is 5.26 Å². The number of nitrogens with zero attached hydrogens (tertiary/aromatic N) is 8. The van der Waals surface area contributed by atoms with Gasteiger partial charge in [0.2, 0.25) is 0 Å². The lowest BCUT2D eigenvalue weighted by Crippen LogP contribution is -2.04. The quantitative estimate of drug-likeness (QED) is 0.150. The van der Waals surface area contributed by atoms with Crippen LogP contribution in [0.25, 0.3) is 95.8 Å². The van der Waals surface area contributed by atoms with Crippen LogP contribution in [0.15, 0.2) is 182 Å². The van der Waals surface area contributed by atoms with Gasteiger partial charge in [0.1, 0.15) is 0 Å². The predicted octanol–water partition coefficient (Wildman–Crippen LogP) is 10.6. The van der Waals surface area contributed by atoms with Gasteiger partial charge in [0.25, 0.3) is 0 Å². The van der Waals surface area contributed by atoms with Crippen LogP contribution in [0.3, 0.4) is 0 Å². The van der Waals surface area contributed by atoms with Crippen LogP contribution in [-0.2, 0) is 0 Å². The molecule has 0 saturated carbocycles. The number of para-hydroxylation sites is 1. The summed E-state index contributed by atoms with van der Waals surface area (Å²) in [7, 11) is 0. The van der Waals surface area contributed by atoms with E-state index in [0.29, 0.717) is 46.1 Å². The maximum Gasteiger partial charge on any atom is 0.166 e. The van der Waals surface area contributed by atoms with E-state index in [0.717, 1.165) is 55.3 Å². The van der Waals surface area contributed by atoms with Gasteiger partial charge in [0.15, 0.2) is 34.9 Å². The largest absolute Gasteiger partial charge is 0.308 e. The Bertz CT molecular complexity index is 3010. The topological polar surface area (TPSA) is 106 Å². The lowest BCUT2D eigenvalue weighted by molar-refractivity contribution is 1.06. The first-order chi connectivity index (χ1) is 28.2. The summed E-state index contributed by atoms with van der Waals surface area (Å²) < 4.78 is 2.22. The molecule has 0 bridgehead atoms. The van der Waals surface area contributed by atoms with Crippen molar-refractivity contribution in [1.29, 1.82) is 5.26 Å². The van der Waals surface area contributed by atoms with Gasteiger partial charge in [-0.05, 0) is 42.5 Å². The molecule has 0 unspecified atom stereocenters. The minimum absolute atomic E-state index is 0. The molecule has 9 heteroatoms. The van der Waals surface area contributed by atoms with Crippen LogP contribution in [0.1, 0.15) is 5.56 Å². The third-order valence-electron chi connectivity index (χ3n) is 9.94. The SMILES string of the molecule is N#Cc1ccc(-n2c3ccccc3c3cc(-c4nc(-c5ccccc5)nc(-c5ccccc5)n4)ccc32)c(-c2nc(-c3ccccc3)nc(-c3ccccc3)n2)c1.[B]. The molecular weight excluding hydrogens is 711 g/mol. The Hall–Kier alpha value is -8.09. The second-order valence-electron chi connectivity index (χ2n) is 13.5. The Kier molecular flexibility index (Phi) is 9.34. The molecule has 3 radical (unpaired) electrons. The summed E-state index contributed by atoms with van der Waals surface area (Å²) in [6.45, 7) is 0. The predicted molar refractivity (Wildman–Crippen MR) is 231 cm³/mol. The lowest BCUT2D eigenvalue weighted by Gasteiger charge is -2.15. The summed E-state index contributed by atoms with van der Waals surface area (Å²) in [6, 6.07) is 62.4. The number of fused-ring (bicyclic) bond motifs is 3. The Labute approximate surface area is 336 Å². The zero-order chi connectivity index (χ0) is 38.1. The maximum absolute atomic E-state index is 10.1. The first-order valence-corrected chi connectivity index (χ1v) is 18.5. The van der Waals surface area contributed by atoms with Crippen LogP contribution in [0, 0.1) is 11.3 Å². The zero-order valence-electron chi connectivity index (χ0n) is 31.0. The van der Waals surface area contributed by atoms with Crippen molar-refractivity contribution in [1.82, 2.24) is 34.5 Å². The Morgan fingerprint density at radius 1 is 0.362 bits per heavy atom. The van der Waals surface area contributed by atoms with Gasteiger partial charge in [-0.1, -0.05) is 140 Å². The number of benzene rings is 7. The van der Waals surface area contributed by atoms with E-state index in [1.165, 1.54) is 0 Å². The summed E-state index contributed by atoms with van der Waals surface area (Å²) in [5.41, 5.74) is 8.40. The molecule has 3 heterocycles. The first kappa shape index (κ1) is 35.6. The number of rotatable bonds is 7. The van der Waals surface area contributed by atoms with Crippen molar-refractivity contribution in [2.75, 3.05) is 0 Å². The monoisotopic (exact) mass is 741 g/mol. The molecule has 7 aromatic carbocycles. The van der Waals surface area contributed by atoms with Crippen molar-refractivity contribution < 1.29 is 0 Å². The molecule has 0 aliphatic rings. The Morgan fingerprint density at radius 2 is 0.776 bits per heavy atom. The summed E-state index contributed by atoms with van der Waals surface area (Å²) in [5.74, 6) is 3.33. The number of hydrogen-bond acceptors (Lipinski definition) is 7. The minimum atomic E-state index is 0. The highest BCUT2D eigenvalue weighted by molar-refractivity contribution is 6.10. The Balaban J connectivity index is 0.00000436. The fourth-order valence-electron chi connectivity index (χ4n) is 7.22. The fourth-order valence-corrected chi connectivity index (χ4v) is 7.22. The maximum atomic E-state index is 10.1. The van der Waals surface area contributed by atoms with E-state index in [1.807, 2.05) is 152 Å². The molecule has 0 spiro atoms. The molecule has 3 aromatic heterocycles. The van der Waals surface area contributed by atoms with Gasteiger partial charge in [-0.3, -0.25) is 0 Å². The third-order valence-corrected chi connectivity index (χ3v) is 9.94. The van der Waals surface area contributed by atoms with Gasteiger partial charge in [-0.15, -0.1) is 0 Å². The van der Waals surface area contributed by atoms with Crippen molar-refractivity contribution in [2.24, 2.45) is 0 Å². The number of nitriles is 1. The smallest absolute Gasteiger partial charge is 0.166 e. The molecule has 58 heavy (non-hydrogen) atoms. The molecule has 0 aliphatic carbocycles. The minimum Gasteiger partial charge on any atom is -0.308 e. The van der Waals surface area contributed by atoms with Gasteiger partial charge >= 0.3 is 0 Å². The number of hydrogen-bond donors (Lipinski definition) is 0. The standard InChI is InChI=1S/C49H30N8.B/c50-31-32-25-27-43(40(29-32)49-55-46(35-19-9-3-10-20-35)52-47(56-49)36-21-11-4-12-22-36)57-41-24-14-13-23-38(41)39-30-37(26-28-42(39)57)48-53-44(33-15-5-1-6-16-33)51-45(54-48)34-17-7-2-8-18-34;/h1-30H;. The van der Waals surface area contributed by atoms with Gasteiger partial charge in [-0.25, -0.2) is 29.9 Å². The van der Waals surface area contributed by atoms with Gasteiger partial charge in [0.05, 0.1) is 28.4 Å². The molecule has 0 saturated heterocycles. The summed E-state index contributed by atoms with van der Waals surface area (Å²) in [5, 5.41) is 12.2. The van der Waals surface area contributed by atoms with Crippen LogP contribution in [-0.4, -0.2) is 42.9 Å². The second kappa shape index (κ2) is 15.2. The average Bonchev–Trinajstić information content (AvgIpc) is 3.63. The van der Waals surface area contributed by atoms with Gasteiger partial charge in [-0.2, -0.15) is 5.26 Å². The first-order valence-electron chi connectivity index (χ1n) is 18.5. The van der Waals surface area contributed by atoms with Crippen molar-refractivity contribution in [3.63, 3.8) is 0 Å². The molecule has 0 N–H and O–H groups in total. The molecular formula is C49H30BN8. The van der Waals surface area contributed by atoms with E-state index in [2.05, 4.69) is 41.0 Å². The molecule has 10 rings (SSSR count). The normalized spacial score (nSPS) is 10.9. The highest BCUT2D eigenvalue weighted by Crippen LogP contribution is 2.38. The van der Waals surface area contributed by atoms with Gasteiger partial charge < -0.3 is 4.57 Å². The number of aromatic nitrogens is 7. The van der Waals surface area contributed by atoms with Crippen molar-refractivity contribution in [3.8, 4) is 80.1 Å². The van der Waals surface area contributed by atoms with Crippen molar-refractivity contribution in [3.05, 3.63) is 188 Å². The second-order valence-corrected chi connectivity index (χ2v) is 13.5. The Morgan fingerprint density at radius 3 is 1.26 bits per heavy atom. The van der Waals surface area contributed by atoms with Crippen molar-refractivity contribution >= 4 is 30.2 Å². The van der Waals surface area contributed by atoms with Crippen LogP contribution in [0.5, 0.6) is 0 Å². The van der Waals surface area contributed by atoms with Gasteiger partial charge in [0, 0.05) is 52.6 Å². The van der Waals surface area contributed by atoms with E-state index < -0.39 is 0 Å². The average molecular weight is 742 g/mol. The highest BCUT2D eigenvalue weighted by Gasteiger charge is 2.21. The molecule has 0 aliphatic heterocycles. The van der Waals surface area contributed by atoms with E-state index in [-0.39, 0.29) is 8.41 Å². The van der Waals surface area contributed by atoms with E-state index >= 15 is 0 Å². The van der Waals surface area contributed by atoms with Crippen molar-refractivity contribution in [2.45, 2.75) is 0 Å². The van der Waals surface area contributed by atoms with Crippen LogP contribution >= 0.6 is 0 Å². The third kappa shape index (κ3) is 6.55. The molecule has 0 fully saturated rings. The lowest BCUT2D eigenvalue weighted by atomic mass is 10.1. The van der Waals surface area contributed by atoms with Crippen LogP contribution < -0.4 is 0 Å². The summed E-state index contributed by atoms with van der Waals surface area (Å²) in [6.07, 6.45) is 0. The molecule has 8 nitrogen and oxygen atoms in total. The van der Waals surface area contributed by atoms with E-state index in [1.54, 1.807) is 0 Å². The summed E-state index contributed by atoms with van der Waals surface area (Å²) >= 11 is 0. The molecule has 269 valence electrons. The highest BCUT2D eigenvalue weighted by atomic mass is 15.1. The fraction of sp³-hybridized carbons (Fsp3) is 0. The van der Waals surface area contributed by atoms with Crippen LogP contribution in [0.4, 0.5) is 0 Å². The summed E-state index contributed by atoms with van der Waals surface area (Å²) in [4.78, 5) is 29.9. The molecule has 10 aromatic rings. The van der Waals surface area contributed by atoms with Crippen LogP contribution in [0.2, 0.25) is 0 Å². The molecule has 0 amide bonds. The zero-order valence-corrected chi connectivity index (χ0v) is 31.0.